The van der Waals surface area contributed by atoms with Crippen LogP contribution in [0.4, 0.5) is 4.39 Å². The first-order valence-corrected chi connectivity index (χ1v) is 10.1. The van der Waals surface area contributed by atoms with Gasteiger partial charge in [0, 0.05) is 30.3 Å². The molecule has 0 saturated carbocycles. The molecule has 1 aliphatic rings. The van der Waals surface area contributed by atoms with Gasteiger partial charge in [-0.05, 0) is 49.2 Å². The van der Waals surface area contributed by atoms with Crippen molar-refractivity contribution in [2.75, 3.05) is 25.4 Å². The van der Waals surface area contributed by atoms with E-state index in [0.29, 0.717) is 13.1 Å². The van der Waals surface area contributed by atoms with Gasteiger partial charge in [-0.15, -0.1) is 11.8 Å². The Bertz CT molecular complexity index is 710. The third-order valence-corrected chi connectivity index (χ3v) is 5.60. The van der Waals surface area contributed by atoms with Crippen LogP contribution in [0.2, 0.25) is 0 Å². The molecule has 3 rings (SSSR count). The number of hydrogen-bond donors (Lipinski definition) is 1. The maximum Gasteiger partial charge on any atom is 0.224 e. The van der Waals surface area contributed by atoms with E-state index in [4.69, 9.17) is 0 Å². The van der Waals surface area contributed by atoms with E-state index in [9.17, 15) is 9.18 Å². The Balaban J connectivity index is 1.41. The minimum Gasteiger partial charge on any atom is -0.355 e. The second-order valence-corrected chi connectivity index (χ2v) is 7.83. The summed E-state index contributed by atoms with van der Waals surface area (Å²) in [5.41, 5.74) is 0.963. The molecule has 138 valence electrons. The average Bonchev–Trinajstić information content (AvgIpc) is 2.66. The molecular formula is C21H25FN2OS. The number of thioether (sulfide) groups is 1. The molecular weight excluding hydrogens is 347 g/mol. The van der Waals surface area contributed by atoms with E-state index in [1.165, 1.54) is 11.0 Å². The Morgan fingerprint density at radius 2 is 2.04 bits per heavy atom. The average molecular weight is 373 g/mol. The highest BCUT2D eigenvalue weighted by Crippen LogP contribution is 2.20. The Morgan fingerprint density at radius 1 is 1.19 bits per heavy atom. The van der Waals surface area contributed by atoms with Crippen molar-refractivity contribution in [2.45, 2.75) is 24.3 Å². The second kappa shape index (κ2) is 9.74. The quantitative estimate of drug-likeness (QED) is 0.590. The summed E-state index contributed by atoms with van der Waals surface area (Å²) in [6, 6.07) is 16.9. The van der Waals surface area contributed by atoms with Crippen LogP contribution in [0.3, 0.4) is 0 Å². The van der Waals surface area contributed by atoms with Gasteiger partial charge in [-0.3, -0.25) is 9.69 Å². The van der Waals surface area contributed by atoms with Crippen LogP contribution in [0.1, 0.15) is 18.4 Å². The van der Waals surface area contributed by atoms with Crippen LogP contribution in [-0.4, -0.2) is 36.2 Å². The van der Waals surface area contributed by atoms with Gasteiger partial charge in [0.15, 0.2) is 0 Å². The lowest BCUT2D eigenvalue weighted by molar-refractivity contribution is -0.126. The van der Waals surface area contributed by atoms with Crippen molar-refractivity contribution in [3.63, 3.8) is 0 Å². The van der Waals surface area contributed by atoms with Gasteiger partial charge in [0.05, 0.1) is 5.92 Å². The fourth-order valence-electron chi connectivity index (χ4n) is 3.31. The number of likely N-dealkylation sites (tertiary alicyclic amines) is 1. The minimum atomic E-state index is -0.204. The standard InChI is InChI=1S/C21H25FN2OS/c22-19-8-4-6-17(14-19)15-24-12-5-7-18(16-24)21(25)23-11-13-26-20-9-2-1-3-10-20/h1-4,6,8-10,14,18H,5,7,11-13,15-16H2,(H,23,25). The van der Waals surface area contributed by atoms with Crippen molar-refractivity contribution in [3.05, 3.63) is 66.0 Å². The van der Waals surface area contributed by atoms with Gasteiger partial charge >= 0.3 is 0 Å². The number of carbonyl (C=O) groups excluding carboxylic acids is 1. The molecule has 0 bridgehead atoms. The third kappa shape index (κ3) is 5.85. The van der Waals surface area contributed by atoms with E-state index in [1.54, 1.807) is 23.9 Å². The van der Waals surface area contributed by atoms with Crippen LogP contribution in [-0.2, 0) is 11.3 Å². The van der Waals surface area contributed by atoms with Crippen LogP contribution in [0.5, 0.6) is 0 Å². The third-order valence-electron chi connectivity index (χ3n) is 4.58. The van der Waals surface area contributed by atoms with Crippen molar-refractivity contribution < 1.29 is 9.18 Å². The number of rotatable bonds is 7. The molecule has 2 aromatic carbocycles. The Morgan fingerprint density at radius 3 is 2.85 bits per heavy atom. The zero-order valence-corrected chi connectivity index (χ0v) is 15.7. The highest BCUT2D eigenvalue weighted by molar-refractivity contribution is 7.99. The molecule has 1 N–H and O–H groups in total. The van der Waals surface area contributed by atoms with Gasteiger partial charge in [0.2, 0.25) is 5.91 Å². The molecule has 2 aromatic rings. The molecule has 3 nitrogen and oxygen atoms in total. The first-order valence-electron chi connectivity index (χ1n) is 9.13. The number of nitrogens with zero attached hydrogens (tertiary/aromatic N) is 1. The fourth-order valence-corrected chi connectivity index (χ4v) is 4.10. The summed E-state index contributed by atoms with van der Waals surface area (Å²) in [6.45, 7) is 3.09. The van der Waals surface area contributed by atoms with Crippen LogP contribution in [0.25, 0.3) is 0 Å². The summed E-state index contributed by atoms with van der Waals surface area (Å²) in [6.07, 6.45) is 1.93. The molecule has 1 heterocycles. The van der Waals surface area contributed by atoms with E-state index in [-0.39, 0.29) is 17.6 Å². The van der Waals surface area contributed by atoms with E-state index in [0.717, 1.165) is 37.2 Å². The summed E-state index contributed by atoms with van der Waals surface area (Å²) in [7, 11) is 0. The van der Waals surface area contributed by atoms with E-state index in [2.05, 4.69) is 22.3 Å². The number of hydrogen-bond acceptors (Lipinski definition) is 3. The lowest BCUT2D eigenvalue weighted by Gasteiger charge is -2.32. The molecule has 1 amide bonds. The van der Waals surface area contributed by atoms with Crippen molar-refractivity contribution in [3.8, 4) is 0 Å². The summed E-state index contributed by atoms with van der Waals surface area (Å²) in [5.74, 6) is 0.835. The fraction of sp³-hybridized carbons (Fsp3) is 0.381. The van der Waals surface area contributed by atoms with Gasteiger partial charge in [-0.2, -0.15) is 0 Å². The SMILES string of the molecule is O=C(NCCSc1ccccc1)C1CCCN(Cc2cccc(F)c2)C1. The lowest BCUT2D eigenvalue weighted by atomic mass is 9.96. The summed E-state index contributed by atoms with van der Waals surface area (Å²) < 4.78 is 13.3. The van der Waals surface area contributed by atoms with Crippen molar-refractivity contribution >= 4 is 17.7 Å². The van der Waals surface area contributed by atoms with Crippen LogP contribution in [0.15, 0.2) is 59.5 Å². The Labute approximate surface area is 159 Å². The molecule has 0 aromatic heterocycles. The Kier molecular flexibility index (Phi) is 7.09. The van der Waals surface area contributed by atoms with Crippen LogP contribution in [0, 0.1) is 11.7 Å². The molecule has 0 spiro atoms. The monoisotopic (exact) mass is 372 g/mol. The Hall–Kier alpha value is -1.85. The predicted molar refractivity (Wildman–Crippen MR) is 105 cm³/mol. The highest BCUT2D eigenvalue weighted by Gasteiger charge is 2.25. The number of amides is 1. The topological polar surface area (TPSA) is 32.3 Å². The molecule has 26 heavy (non-hydrogen) atoms. The first kappa shape index (κ1) is 18.9. The van der Waals surface area contributed by atoms with Gasteiger partial charge in [-0.25, -0.2) is 4.39 Å². The number of carbonyl (C=O) groups is 1. The molecule has 5 heteroatoms. The number of halogens is 1. The summed E-state index contributed by atoms with van der Waals surface area (Å²) >= 11 is 1.75. The van der Waals surface area contributed by atoms with E-state index < -0.39 is 0 Å². The van der Waals surface area contributed by atoms with E-state index in [1.807, 2.05) is 24.3 Å². The zero-order valence-electron chi connectivity index (χ0n) is 14.9. The molecule has 0 aliphatic carbocycles. The number of benzene rings is 2. The second-order valence-electron chi connectivity index (χ2n) is 6.66. The molecule has 1 fully saturated rings. The summed E-state index contributed by atoms with van der Waals surface area (Å²) in [4.78, 5) is 15.9. The maximum atomic E-state index is 13.3. The number of piperidine rings is 1. The van der Waals surface area contributed by atoms with Crippen molar-refractivity contribution in [1.29, 1.82) is 0 Å². The van der Waals surface area contributed by atoms with Crippen molar-refractivity contribution in [2.24, 2.45) is 5.92 Å². The van der Waals surface area contributed by atoms with E-state index >= 15 is 0 Å². The molecule has 1 aliphatic heterocycles. The van der Waals surface area contributed by atoms with Crippen LogP contribution >= 0.6 is 11.8 Å². The van der Waals surface area contributed by atoms with Gasteiger partial charge in [0.1, 0.15) is 5.82 Å². The van der Waals surface area contributed by atoms with Gasteiger partial charge < -0.3 is 5.32 Å². The molecule has 1 atom stereocenters. The zero-order chi connectivity index (χ0) is 18.2. The van der Waals surface area contributed by atoms with Crippen LogP contribution < -0.4 is 5.32 Å². The lowest BCUT2D eigenvalue weighted by Crippen LogP contribution is -2.43. The smallest absolute Gasteiger partial charge is 0.224 e. The number of nitrogens with one attached hydrogen (secondary N) is 1. The largest absolute Gasteiger partial charge is 0.355 e. The predicted octanol–water partition coefficient (Wildman–Crippen LogP) is 3.95. The highest BCUT2D eigenvalue weighted by atomic mass is 32.2. The summed E-state index contributed by atoms with van der Waals surface area (Å²) in [5, 5.41) is 3.07. The van der Waals surface area contributed by atoms with Gasteiger partial charge in [-0.1, -0.05) is 30.3 Å². The minimum absolute atomic E-state index is 0.0269. The molecule has 0 radical (unpaired) electrons. The normalized spacial score (nSPS) is 17.8. The maximum absolute atomic E-state index is 13.3. The molecule has 1 unspecified atom stereocenters. The van der Waals surface area contributed by atoms with Gasteiger partial charge in [0.25, 0.3) is 0 Å². The van der Waals surface area contributed by atoms with Crippen molar-refractivity contribution in [1.82, 2.24) is 10.2 Å². The molecule has 1 saturated heterocycles. The first-order chi connectivity index (χ1) is 12.7.